The largest absolute Gasteiger partial charge is 0.484 e. The number of carbonyl (C=O) groups is 3. The Morgan fingerprint density at radius 3 is 2.40 bits per heavy atom. The van der Waals surface area contributed by atoms with E-state index in [1.165, 1.54) is 6.21 Å². The van der Waals surface area contributed by atoms with Crippen molar-refractivity contribution in [2.45, 2.75) is 27.7 Å². The number of aryl methyl sites for hydroxylation is 3. The lowest BCUT2D eigenvalue weighted by molar-refractivity contribution is -0.136. The third-order valence-corrected chi connectivity index (χ3v) is 5.33. The van der Waals surface area contributed by atoms with Crippen LogP contribution in [0.3, 0.4) is 0 Å². The highest BCUT2D eigenvalue weighted by atomic mass is 16.5. The van der Waals surface area contributed by atoms with E-state index in [1.807, 2.05) is 52.0 Å². The van der Waals surface area contributed by atoms with E-state index in [-0.39, 0.29) is 12.5 Å². The maximum Gasteiger partial charge on any atom is 0.329 e. The smallest absolute Gasteiger partial charge is 0.329 e. The van der Waals surface area contributed by atoms with Gasteiger partial charge in [0.2, 0.25) is 0 Å². The van der Waals surface area contributed by atoms with Gasteiger partial charge in [-0.25, -0.2) is 5.43 Å². The molecule has 0 bridgehead atoms. The van der Waals surface area contributed by atoms with Gasteiger partial charge in [0.05, 0.1) is 6.21 Å². The van der Waals surface area contributed by atoms with E-state index >= 15 is 0 Å². The summed E-state index contributed by atoms with van der Waals surface area (Å²) in [5.41, 5.74) is 8.05. The predicted octanol–water partition coefficient (Wildman–Crippen LogP) is 4.03. The van der Waals surface area contributed by atoms with Crippen molar-refractivity contribution in [2.75, 3.05) is 17.2 Å². The molecule has 3 aromatic carbocycles. The Balaban J connectivity index is 1.51. The maximum atomic E-state index is 12.3. The van der Waals surface area contributed by atoms with Crippen molar-refractivity contribution in [3.63, 3.8) is 0 Å². The molecule has 0 saturated carbocycles. The van der Waals surface area contributed by atoms with Gasteiger partial charge in [-0.1, -0.05) is 36.4 Å². The minimum atomic E-state index is -0.891. The number of ether oxygens (including phenoxy) is 1. The molecule has 8 heteroatoms. The van der Waals surface area contributed by atoms with E-state index in [1.54, 1.807) is 36.4 Å². The van der Waals surface area contributed by atoms with Crippen LogP contribution in [0, 0.1) is 27.7 Å². The Morgan fingerprint density at radius 2 is 1.60 bits per heavy atom. The van der Waals surface area contributed by atoms with E-state index in [9.17, 15) is 14.4 Å². The van der Waals surface area contributed by atoms with Crippen molar-refractivity contribution in [3.05, 3.63) is 88.5 Å². The lowest BCUT2D eigenvalue weighted by Crippen LogP contribution is -2.32. The fourth-order valence-corrected chi connectivity index (χ4v) is 3.17. The fourth-order valence-electron chi connectivity index (χ4n) is 3.17. The molecule has 3 aromatic rings. The molecule has 0 aliphatic heterocycles. The van der Waals surface area contributed by atoms with Crippen LogP contribution in [0.5, 0.6) is 5.75 Å². The van der Waals surface area contributed by atoms with E-state index in [0.717, 1.165) is 27.9 Å². The number of nitrogens with one attached hydrogen (secondary N) is 3. The first kappa shape index (κ1) is 25.2. The molecule has 0 aliphatic rings. The molecule has 3 rings (SSSR count). The van der Waals surface area contributed by atoms with Crippen LogP contribution in [0.1, 0.15) is 27.8 Å². The van der Waals surface area contributed by atoms with Gasteiger partial charge in [0.1, 0.15) is 5.75 Å². The number of rotatable bonds is 7. The topological polar surface area (TPSA) is 109 Å². The number of hydrogen-bond donors (Lipinski definition) is 3. The summed E-state index contributed by atoms with van der Waals surface area (Å²) in [5, 5.41) is 9.25. The van der Waals surface area contributed by atoms with Gasteiger partial charge in [-0.15, -0.1) is 0 Å². The molecule has 0 radical (unpaired) electrons. The summed E-state index contributed by atoms with van der Waals surface area (Å²) < 4.78 is 5.58. The molecule has 0 saturated heterocycles. The first-order valence-corrected chi connectivity index (χ1v) is 11.0. The van der Waals surface area contributed by atoms with Crippen molar-refractivity contribution >= 4 is 35.3 Å². The Kier molecular flexibility index (Phi) is 8.34. The van der Waals surface area contributed by atoms with Crippen molar-refractivity contribution in [2.24, 2.45) is 5.10 Å². The van der Waals surface area contributed by atoms with E-state index in [0.29, 0.717) is 17.0 Å². The molecular formula is C27H28N4O4. The molecule has 0 spiro atoms. The van der Waals surface area contributed by atoms with Crippen molar-refractivity contribution in [1.29, 1.82) is 0 Å². The van der Waals surface area contributed by atoms with Gasteiger partial charge in [0.25, 0.3) is 5.91 Å². The molecule has 180 valence electrons. The van der Waals surface area contributed by atoms with Crippen LogP contribution in [0.15, 0.2) is 65.8 Å². The second-order valence-electron chi connectivity index (χ2n) is 8.13. The molecule has 0 fully saturated rings. The summed E-state index contributed by atoms with van der Waals surface area (Å²) >= 11 is 0. The molecule has 0 aliphatic carbocycles. The summed E-state index contributed by atoms with van der Waals surface area (Å²) in [6.45, 7) is 7.50. The number of amides is 3. The highest BCUT2D eigenvalue weighted by Crippen LogP contribution is 2.18. The van der Waals surface area contributed by atoms with Gasteiger partial charge in [-0.05, 0) is 79.8 Å². The van der Waals surface area contributed by atoms with Gasteiger partial charge < -0.3 is 15.4 Å². The SMILES string of the molecule is Cc1ccc(C)c(NC(=O)COc2cccc(/C=N\NC(=O)C(=O)Nc3cccc(C)c3C)c2)c1. The van der Waals surface area contributed by atoms with E-state index in [2.05, 4.69) is 21.2 Å². The van der Waals surface area contributed by atoms with Crippen LogP contribution in [0.2, 0.25) is 0 Å². The summed E-state index contributed by atoms with van der Waals surface area (Å²) in [6.07, 6.45) is 1.38. The first-order chi connectivity index (χ1) is 16.7. The normalized spacial score (nSPS) is 10.6. The molecule has 3 amide bonds. The minimum Gasteiger partial charge on any atom is -0.484 e. The molecule has 0 aromatic heterocycles. The van der Waals surface area contributed by atoms with Crippen molar-refractivity contribution in [3.8, 4) is 5.75 Å². The molecule has 0 heterocycles. The lowest BCUT2D eigenvalue weighted by atomic mass is 10.1. The van der Waals surface area contributed by atoms with Crippen molar-refractivity contribution in [1.82, 2.24) is 5.43 Å². The minimum absolute atomic E-state index is 0.163. The predicted molar refractivity (Wildman–Crippen MR) is 137 cm³/mol. The Labute approximate surface area is 204 Å². The second-order valence-corrected chi connectivity index (χ2v) is 8.13. The van der Waals surface area contributed by atoms with E-state index in [4.69, 9.17) is 4.74 Å². The zero-order valence-corrected chi connectivity index (χ0v) is 20.1. The van der Waals surface area contributed by atoms with Crippen LogP contribution in [0.25, 0.3) is 0 Å². The Hall–Kier alpha value is -4.46. The third kappa shape index (κ3) is 7.26. The highest BCUT2D eigenvalue weighted by Gasteiger charge is 2.14. The number of anilines is 2. The zero-order valence-electron chi connectivity index (χ0n) is 20.1. The monoisotopic (exact) mass is 472 g/mol. The van der Waals surface area contributed by atoms with Gasteiger partial charge in [0.15, 0.2) is 6.61 Å². The zero-order chi connectivity index (χ0) is 25.4. The molecular weight excluding hydrogens is 444 g/mol. The van der Waals surface area contributed by atoms with Crippen LogP contribution in [-0.2, 0) is 14.4 Å². The highest BCUT2D eigenvalue weighted by molar-refractivity contribution is 6.39. The van der Waals surface area contributed by atoms with Gasteiger partial charge in [-0.2, -0.15) is 5.10 Å². The molecule has 0 atom stereocenters. The average Bonchev–Trinajstić information content (AvgIpc) is 2.83. The van der Waals surface area contributed by atoms with Crippen LogP contribution < -0.4 is 20.8 Å². The molecule has 8 nitrogen and oxygen atoms in total. The van der Waals surface area contributed by atoms with E-state index < -0.39 is 11.8 Å². The summed E-state index contributed by atoms with van der Waals surface area (Å²) in [4.78, 5) is 36.5. The van der Waals surface area contributed by atoms with Gasteiger partial charge in [-0.3, -0.25) is 14.4 Å². The van der Waals surface area contributed by atoms with Crippen LogP contribution in [0.4, 0.5) is 11.4 Å². The Bertz CT molecular complexity index is 1280. The second kappa shape index (κ2) is 11.6. The summed E-state index contributed by atoms with van der Waals surface area (Å²) in [6, 6.07) is 18.1. The number of hydrazone groups is 1. The summed E-state index contributed by atoms with van der Waals surface area (Å²) in [5.74, 6) is -1.52. The third-order valence-electron chi connectivity index (χ3n) is 5.33. The number of nitrogens with zero attached hydrogens (tertiary/aromatic N) is 1. The molecule has 35 heavy (non-hydrogen) atoms. The fraction of sp³-hybridized carbons (Fsp3) is 0.185. The van der Waals surface area contributed by atoms with Crippen LogP contribution >= 0.6 is 0 Å². The quantitative estimate of drug-likeness (QED) is 0.274. The van der Waals surface area contributed by atoms with Crippen LogP contribution in [-0.4, -0.2) is 30.5 Å². The molecule has 0 unspecified atom stereocenters. The molecule has 3 N–H and O–H groups in total. The Morgan fingerprint density at radius 1 is 0.829 bits per heavy atom. The number of benzene rings is 3. The van der Waals surface area contributed by atoms with Crippen molar-refractivity contribution < 1.29 is 19.1 Å². The number of carbonyl (C=O) groups excluding carboxylic acids is 3. The lowest BCUT2D eigenvalue weighted by Gasteiger charge is -2.10. The standard InChI is InChI=1S/C27H28N4O4/c1-17-11-12-19(3)24(13-17)29-25(32)16-35-22-9-6-8-21(14-22)15-28-31-27(34)26(33)30-23-10-5-7-18(2)20(23)4/h5-15H,16H2,1-4H3,(H,29,32)(H,30,33)(H,31,34)/b28-15-. The van der Waals surface area contributed by atoms with Gasteiger partial charge >= 0.3 is 11.8 Å². The average molecular weight is 473 g/mol. The van der Waals surface area contributed by atoms with Gasteiger partial charge in [0, 0.05) is 11.4 Å². The maximum absolute atomic E-state index is 12.3. The number of hydrogen-bond acceptors (Lipinski definition) is 5. The summed E-state index contributed by atoms with van der Waals surface area (Å²) in [7, 11) is 0. The first-order valence-electron chi connectivity index (χ1n) is 11.0.